The van der Waals surface area contributed by atoms with Crippen molar-refractivity contribution in [3.05, 3.63) is 11.6 Å². The number of carbonyl (C=O) groups is 2. The number of epoxide rings is 1. The molecule has 3 saturated carbocycles. The van der Waals surface area contributed by atoms with E-state index < -0.39 is 0 Å². The minimum absolute atomic E-state index is 0.0705. The second-order valence-corrected chi connectivity index (χ2v) is 10.6. The van der Waals surface area contributed by atoms with Gasteiger partial charge in [-0.2, -0.15) is 5.26 Å². The van der Waals surface area contributed by atoms with Crippen molar-refractivity contribution in [1.29, 1.82) is 5.26 Å². The van der Waals surface area contributed by atoms with Crippen molar-refractivity contribution in [3.8, 4) is 6.07 Å². The molecule has 6 aliphatic rings. The number of ether oxygens (including phenoxy) is 2. The topological polar surface area (TPSA) is 79.7 Å². The fourth-order valence-corrected chi connectivity index (χ4v) is 8.43. The van der Waals surface area contributed by atoms with Crippen LogP contribution in [0.4, 0.5) is 0 Å². The Morgan fingerprint density at radius 3 is 2.71 bits per heavy atom. The number of nitrogens with zero attached hydrogens (tertiary/aromatic N) is 1. The Hall–Kier alpha value is -1.67. The van der Waals surface area contributed by atoms with Crippen LogP contribution in [0.1, 0.15) is 65.2 Å². The van der Waals surface area contributed by atoms with Crippen LogP contribution >= 0.6 is 0 Å². The van der Waals surface area contributed by atoms with Gasteiger partial charge in [-0.15, -0.1) is 0 Å². The summed E-state index contributed by atoms with van der Waals surface area (Å²) in [5.41, 5.74) is 0.194. The zero-order valence-electron chi connectivity index (χ0n) is 16.6. The third kappa shape index (κ3) is 1.66. The Balaban J connectivity index is 1.48. The number of rotatable bonds is 0. The fourth-order valence-electron chi connectivity index (χ4n) is 8.43. The van der Waals surface area contributed by atoms with Gasteiger partial charge in [0.1, 0.15) is 11.2 Å². The average molecular weight is 381 g/mol. The second-order valence-electron chi connectivity index (χ2n) is 10.6. The molecular weight excluding hydrogens is 354 g/mol. The first-order chi connectivity index (χ1) is 13.3. The first-order valence-corrected chi connectivity index (χ1v) is 10.8. The quantitative estimate of drug-likeness (QED) is 0.474. The highest BCUT2D eigenvalue weighted by Crippen LogP contribution is 2.78. The van der Waals surface area contributed by atoms with Crippen LogP contribution in [0, 0.1) is 39.9 Å². The van der Waals surface area contributed by atoms with E-state index in [1.54, 1.807) is 0 Å². The summed E-state index contributed by atoms with van der Waals surface area (Å²) >= 11 is 0. The maximum Gasteiger partial charge on any atom is 0.306 e. The van der Waals surface area contributed by atoms with E-state index in [2.05, 4.69) is 19.9 Å². The van der Waals surface area contributed by atoms with Crippen LogP contribution in [0.25, 0.3) is 0 Å². The highest BCUT2D eigenvalue weighted by molar-refractivity contribution is 5.92. The minimum Gasteiger partial charge on any atom is -0.458 e. The van der Waals surface area contributed by atoms with Gasteiger partial charge in [-0.25, -0.2) is 0 Å². The van der Waals surface area contributed by atoms with Gasteiger partial charge in [0, 0.05) is 29.6 Å². The van der Waals surface area contributed by atoms with Crippen LogP contribution in [-0.2, 0) is 19.1 Å². The maximum absolute atomic E-state index is 12.1. The number of nitriles is 1. The van der Waals surface area contributed by atoms with E-state index in [0.717, 1.165) is 37.7 Å². The Labute approximate surface area is 165 Å². The Bertz CT molecular complexity index is 888. The summed E-state index contributed by atoms with van der Waals surface area (Å²) in [6, 6.07) is 2.60. The van der Waals surface area contributed by atoms with Crippen molar-refractivity contribution in [2.24, 2.45) is 28.6 Å². The van der Waals surface area contributed by atoms with Crippen molar-refractivity contribution in [1.82, 2.24) is 0 Å². The Morgan fingerprint density at radius 2 is 2.00 bits per heavy atom. The molecule has 0 aromatic heterocycles. The van der Waals surface area contributed by atoms with Gasteiger partial charge in [0.05, 0.1) is 18.1 Å². The van der Waals surface area contributed by atoms with Gasteiger partial charge < -0.3 is 9.47 Å². The molecule has 5 heteroatoms. The van der Waals surface area contributed by atoms with Crippen LogP contribution in [-0.4, -0.2) is 29.1 Å². The average Bonchev–Trinajstić information content (AvgIpc) is 3.14. The van der Waals surface area contributed by atoms with Crippen molar-refractivity contribution < 1.29 is 19.1 Å². The van der Waals surface area contributed by atoms with Gasteiger partial charge in [0.25, 0.3) is 0 Å². The van der Waals surface area contributed by atoms with Gasteiger partial charge in [-0.1, -0.05) is 19.4 Å². The van der Waals surface area contributed by atoms with Gasteiger partial charge in [0.2, 0.25) is 0 Å². The molecule has 0 aromatic carbocycles. The largest absolute Gasteiger partial charge is 0.458 e. The first-order valence-electron chi connectivity index (χ1n) is 10.8. The zero-order chi connectivity index (χ0) is 19.5. The predicted octanol–water partition coefficient (Wildman–Crippen LogP) is 3.48. The van der Waals surface area contributed by atoms with E-state index in [9.17, 15) is 14.9 Å². The minimum atomic E-state index is -0.369. The predicted molar refractivity (Wildman–Crippen MR) is 98.8 cm³/mol. The zero-order valence-corrected chi connectivity index (χ0v) is 16.6. The standard InChI is InChI=1S/C23H27NO4/c1-20-6-3-15(25)10-14(20)9-13(12-24)19-16-4-7-22(8-5-18(26)28-22)21(16,2)11-17-23(19,20)27-17/h10,13,16-17,19H,3-9,11H2,1-2H3/t13-,16?,17-,19?,20-,21-,22+,23?/m0/s1. The number of hydrogen-bond acceptors (Lipinski definition) is 5. The molecule has 2 spiro atoms. The smallest absolute Gasteiger partial charge is 0.306 e. The molecule has 148 valence electrons. The maximum atomic E-state index is 12.1. The molecule has 8 atom stereocenters. The van der Waals surface area contributed by atoms with E-state index >= 15 is 0 Å². The lowest BCUT2D eigenvalue weighted by Crippen LogP contribution is -2.62. The second kappa shape index (κ2) is 4.90. The number of carbonyl (C=O) groups excluding carboxylic acids is 2. The molecule has 0 radical (unpaired) electrons. The Morgan fingerprint density at radius 1 is 1.18 bits per heavy atom. The lowest BCUT2D eigenvalue weighted by Gasteiger charge is -2.58. The van der Waals surface area contributed by atoms with Gasteiger partial charge in [0.15, 0.2) is 5.78 Å². The molecule has 28 heavy (non-hydrogen) atoms. The summed E-state index contributed by atoms with van der Waals surface area (Å²) in [6.45, 7) is 4.57. The number of hydrogen-bond donors (Lipinski definition) is 0. The third-order valence-electron chi connectivity index (χ3n) is 9.87. The summed E-state index contributed by atoms with van der Waals surface area (Å²) < 4.78 is 12.6. The highest BCUT2D eigenvalue weighted by Gasteiger charge is 2.83. The van der Waals surface area contributed by atoms with E-state index in [1.807, 2.05) is 6.08 Å². The summed E-state index contributed by atoms with van der Waals surface area (Å²) in [4.78, 5) is 24.2. The molecular formula is C23H27NO4. The molecule has 0 aromatic rings. The van der Waals surface area contributed by atoms with Crippen LogP contribution in [0.2, 0.25) is 0 Å². The van der Waals surface area contributed by atoms with E-state index in [4.69, 9.17) is 9.47 Å². The lowest BCUT2D eigenvalue weighted by molar-refractivity contribution is -0.165. The van der Waals surface area contributed by atoms with E-state index in [-0.39, 0.29) is 51.7 Å². The molecule has 3 unspecified atom stereocenters. The molecule has 0 amide bonds. The summed E-state index contributed by atoms with van der Waals surface area (Å²) in [5, 5.41) is 10.1. The van der Waals surface area contributed by atoms with Crippen LogP contribution in [0.5, 0.6) is 0 Å². The molecule has 2 saturated heterocycles. The number of fused-ring (bicyclic) bond motifs is 4. The first kappa shape index (κ1) is 17.2. The van der Waals surface area contributed by atoms with Crippen LogP contribution in [0.15, 0.2) is 11.6 Å². The highest BCUT2D eigenvalue weighted by atomic mass is 16.6. The van der Waals surface area contributed by atoms with Gasteiger partial charge in [-0.05, 0) is 50.5 Å². The molecule has 2 heterocycles. The van der Waals surface area contributed by atoms with Crippen molar-refractivity contribution in [2.45, 2.75) is 82.5 Å². The molecule has 2 aliphatic heterocycles. The van der Waals surface area contributed by atoms with Gasteiger partial charge >= 0.3 is 5.97 Å². The summed E-state index contributed by atoms with van der Waals surface area (Å²) in [6.07, 6.45) is 8.13. The fraction of sp³-hybridized carbons (Fsp3) is 0.783. The normalized spacial score (nSPS) is 56.1. The van der Waals surface area contributed by atoms with Crippen LogP contribution < -0.4 is 0 Å². The molecule has 0 bridgehead atoms. The third-order valence-corrected chi connectivity index (χ3v) is 9.87. The van der Waals surface area contributed by atoms with E-state index in [0.29, 0.717) is 25.2 Å². The Kier molecular flexibility index (Phi) is 3.01. The molecule has 6 rings (SSSR count). The molecule has 4 aliphatic carbocycles. The van der Waals surface area contributed by atoms with Crippen molar-refractivity contribution in [3.63, 3.8) is 0 Å². The molecule has 0 N–H and O–H groups in total. The summed E-state index contributed by atoms with van der Waals surface area (Å²) in [5.74, 6) is 0.480. The van der Waals surface area contributed by atoms with Crippen molar-refractivity contribution in [2.75, 3.05) is 0 Å². The molecule has 5 nitrogen and oxygen atoms in total. The molecule has 5 fully saturated rings. The van der Waals surface area contributed by atoms with Crippen molar-refractivity contribution >= 4 is 11.8 Å². The van der Waals surface area contributed by atoms with Crippen LogP contribution in [0.3, 0.4) is 0 Å². The van der Waals surface area contributed by atoms with Gasteiger partial charge in [-0.3, -0.25) is 9.59 Å². The summed E-state index contributed by atoms with van der Waals surface area (Å²) in [7, 11) is 0. The van der Waals surface area contributed by atoms with E-state index in [1.165, 1.54) is 0 Å². The number of esters is 1. The monoisotopic (exact) mass is 381 g/mol. The SMILES string of the molecule is C[C@]12CCC(=O)C=C1C[C@@H](C#N)C1C3CC[C@@]4(CCC(=O)O4)[C@@]3(C)C[C@@H]3OC132. The number of ketones is 1. The lowest BCUT2D eigenvalue weighted by atomic mass is 9.44.